The molecule has 2 heterocycles. The van der Waals surface area contributed by atoms with E-state index < -0.39 is 10.0 Å². The molecule has 0 spiro atoms. The summed E-state index contributed by atoms with van der Waals surface area (Å²) in [6.45, 7) is 4.85. The van der Waals surface area contributed by atoms with Gasteiger partial charge in [-0.15, -0.1) is 0 Å². The third-order valence-electron chi connectivity index (χ3n) is 3.19. The molecule has 2 aromatic heterocycles. The van der Waals surface area contributed by atoms with Gasteiger partial charge < -0.3 is 4.57 Å². The molecule has 0 bridgehead atoms. The van der Waals surface area contributed by atoms with Crippen LogP contribution in [0.4, 0.5) is 5.69 Å². The lowest BCUT2D eigenvalue weighted by Crippen LogP contribution is -2.13. The molecule has 7 nitrogen and oxygen atoms in total. The second-order valence-electron chi connectivity index (χ2n) is 5.54. The number of fused-ring (bicyclic) bond motifs is 1. The number of imidazole rings is 1. The lowest BCUT2D eigenvalue weighted by Gasteiger charge is -2.07. The predicted molar refractivity (Wildman–Crippen MR) is 84.0 cm³/mol. The number of nitrogens with zero attached hydrogens (tertiary/aromatic N) is 3. The van der Waals surface area contributed by atoms with Crippen LogP contribution in [-0.4, -0.2) is 28.2 Å². The van der Waals surface area contributed by atoms with Crippen LogP contribution in [0.5, 0.6) is 0 Å². The maximum Gasteiger partial charge on any atom is 0.280 e. The third-order valence-corrected chi connectivity index (χ3v) is 4.44. The van der Waals surface area contributed by atoms with Crippen molar-refractivity contribution >= 4 is 26.6 Å². The Labute approximate surface area is 128 Å². The highest BCUT2D eigenvalue weighted by Gasteiger charge is 2.19. The third kappa shape index (κ3) is 2.82. The van der Waals surface area contributed by atoms with Crippen molar-refractivity contribution in [2.24, 2.45) is 5.92 Å². The second-order valence-corrected chi connectivity index (χ2v) is 7.17. The van der Waals surface area contributed by atoms with Gasteiger partial charge >= 0.3 is 0 Å². The smallest absolute Gasteiger partial charge is 0.280 e. The van der Waals surface area contributed by atoms with E-state index in [9.17, 15) is 8.42 Å². The molecule has 0 radical (unpaired) electrons. The monoisotopic (exact) mass is 319 g/mol. The number of hydrogen-bond donors (Lipinski definition) is 2. The quantitative estimate of drug-likeness (QED) is 0.754. The molecule has 0 aliphatic carbocycles. The van der Waals surface area contributed by atoms with Crippen molar-refractivity contribution in [3.63, 3.8) is 0 Å². The number of nitrogens with one attached hydrogen (secondary N) is 2. The normalized spacial score (nSPS) is 12.1. The van der Waals surface area contributed by atoms with Gasteiger partial charge in [-0.25, -0.2) is 4.98 Å². The van der Waals surface area contributed by atoms with Gasteiger partial charge in [0.25, 0.3) is 10.0 Å². The predicted octanol–water partition coefficient (Wildman–Crippen LogP) is 2.22. The average Bonchev–Trinajstić information content (AvgIpc) is 3.06. The lowest BCUT2D eigenvalue weighted by atomic mass is 10.2. The van der Waals surface area contributed by atoms with Crippen LogP contribution < -0.4 is 4.72 Å². The van der Waals surface area contributed by atoms with Gasteiger partial charge in [-0.3, -0.25) is 9.82 Å². The van der Waals surface area contributed by atoms with Gasteiger partial charge in [0.15, 0.2) is 5.03 Å². The van der Waals surface area contributed by atoms with Crippen LogP contribution in [0.3, 0.4) is 0 Å². The Balaban J connectivity index is 1.90. The first-order valence-corrected chi connectivity index (χ1v) is 8.41. The number of benzene rings is 1. The van der Waals surface area contributed by atoms with Gasteiger partial charge in [-0.2, -0.15) is 13.5 Å². The maximum absolute atomic E-state index is 12.4. The van der Waals surface area contributed by atoms with E-state index in [1.807, 2.05) is 6.07 Å². The van der Waals surface area contributed by atoms with E-state index in [1.165, 1.54) is 12.5 Å². The molecule has 0 amide bonds. The van der Waals surface area contributed by atoms with Crippen LogP contribution in [0.25, 0.3) is 10.9 Å². The molecule has 22 heavy (non-hydrogen) atoms. The lowest BCUT2D eigenvalue weighted by molar-refractivity contribution is 0.522. The topological polar surface area (TPSA) is 92.7 Å². The van der Waals surface area contributed by atoms with Crippen molar-refractivity contribution < 1.29 is 8.42 Å². The second kappa shape index (κ2) is 5.45. The number of aromatic nitrogens is 4. The Hall–Kier alpha value is -2.35. The van der Waals surface area contributed by atoms with Crippen molar-refractivity contribution in [3.05, 3.63) is 36.9 Å². The van der Waals surface area contributed by atoms with Gasteiger partial charge in [-0.1, -0.05) is 19.9 Å². The molecule has 0 atom stereocenters. The fraction of sp³-hybridized carbons (Fsp3) is 0.286. The number of anilines is 1. The molecule has 116 valence electrons. The molecule has 0 aliphatic rings. The van der Waals surface area contributed by atoms with Crippen LogP contribution in [0, 0.1) is 5.92 Å². The van der Waals surface area contributed by atoms with Gasteiger partial charge in [-0.05, 0) is 18.1 Å². The van der Waals surface area contributed by atoms with E-state index in [1.54, 1.807) is 22.9 Å². The van der Waals surface area contributed by atoms with Crippen LogP contribution in [0.1, 0.15) is 13.8 Å². The summed E-state index contributed by atoms with van der Waals surface area (Å²) in [6, 6.07) is 5.29. The summed E-state index contributed by atoms with van der Waals surface area (Å²) < 4.78 is 29.2. The number of H-pyrrole nitrogens is 1. The summed E-state index contributed by atoms with van der Waals surface area (Å²) in [5, 5.41) is 7.45. The Bertz CT molecular complexity index is 895. The van der Waals surface area contributed by atoms with Crippen LogP contribution >= 0.6 is 0 Å². The Morgan fingerprint density at radius 2 is 2.18 bits per heavy atom. The van der Waals surface area contributed by atoms with Crippen molar-refractivity contribution in [3.8, 4) is 0 Å². The van der Waals surface area contributed by atoms with Crippen LogP contribution in [0.2, 0.25) is 0 Å². The summed E-state index contributed by atoms with van der Waals surface area (Å²) >= 11 is 0. The standard InChI is InChI=1S/C14H17N5O2S/c1-10(2)7-19-8-14(15-9-19)22(20,21)18-13-5-3-4-12-11(13)6-16-17-12/h3-6,8-10,18H,7H2,1-2H3,(H,16,17). The number of hydrogen-bond acceptors (Lipinski definition) is 4. The van der Waals surface area contributed by atoms with Crippen LogP contribution in [-0.2, 0) is 16.6 Å². The maximum atomic E-state index is 12.4. The van der Waals surface area contributed by atoms with Crippen molar-refractivity contribution in [1.29, 1.82) is 0 Å². The molecule has 3 rings (SSSR count). The average molecular weight is 319 g/mol. The molecule has 0 saturated carbocycles. The van der Waals surface area contributed by atoms with Crippen molar-refractivity contribution in [2.45, 2.75) is 25.4 Å². The molecule has 0 unspecified atom stereocenters. The van der Waals surface area contributed by atoms with Gasteiger partial charge in [0.1, 0.15) is 0 Å². The fourth-order valence-electron chi connectivity index (χ4n) is 2.25. The summed E-state index contributed by atoms with van der Waals surface area (Å²) in [4.78, 5) is 3.99. The summed E-state index contributed by atoms with van der Waals surface area (Å²) in [5.74, 6) is 0.414. The fourth-order valence-corrected chi connectivity index (χ4v) is 3.29. The molecule has 2 N–H and O–H groups in total. The first-order chi connectivity index (χ1) is 10.5. The van der Waals surface area contributed by atoms with E-state index in [-0.39, 0.29) is 5.03 Å². The first-order valence-electron chi connectivity index (χ1n) is 6.92. The minimum Gasteiger partial charge on any atom is -0.336 e. The molecule has 0 fully saturated rings. The highest BCUT2D eigenvalue weighted by atomic mass is 32.2. The van der Waals surface area contributed by atoms with Crippen molar-refractivity contribution in [1.82, 2.24) is 19.7 Å². The van der Waals surface area contributed by atoms with E-state index in [0.717, 1.165) is 12.1 Å². The van der Waals surface area contributed by atoms with Crippen LogP contribution in [0.15, 0.2) is 41.9 Å². The largest absolute Gasteiger partial charge is 0.336 e. The molecule has 0 saturated heterocycles. The minimum absolute atomic E-state index is 0.00801. The Morgan fingerprint density at radius 1 is 1.36 bits per heavy atom. The molecule has 1 aromatic carbocycles. The zero-order chi connectivity index (χ0) is 15.7. The van der Waals surface area contributed by atoms with E-state index in [2.05, 4.69) is 33.8 Å². The summed E-state index contributed by atoms with van der Waals surface area (Å²) in [7, 11) is -3.72. The van der Waals surface area contributed by atoms with E-state index >= 15 is 0 Å². The van der Waals surface area contributed by atoms with Gasteiger partial charge in [0.2, 0.25) is 0 Å². The molecule has 8 heteroatoms. The van der Waals surface area contributed by atoms with E-state index in [0.29, 0.717) is 17.0 Å². The van der Waals surface area contributed by atoms with E-state index in [4.69, 9.17) is 0 Å². The SMILES string of the molecule is CC(C)Cn1cnc(S(=O)(=O)Nc2cccc3[nH]ncc23)c1. The minimum atomic E-state index is -3.72. The zero-order valence-electron chi connectivity index (χ0n) is 12.3. The zero-order valence-corrected chi connectivity index (χ0v) is 13.1. The first kappa shape index (κ1) is 14.6. The highest BCUT2D eigenvalue weighted by Crippen LogP contribution is 2.23. The van der Waals surface area contributed by atoms with Crippen molar-refractivity contribution in [2.75, 3.05) is 4.72 Å². The number of aromatic amines is 1. The summed E-state index contributed by atoms with van der Waals surface area (Å²) in [5.41, 5.74) is 1.25. The summed E-state index contributed by atoms with van der Waals surface area (Å²) in [6.07, 6.45) is 4.66. The van der Waals surface area contributed by atoms with Gasteiger partial charge in [0.05, 0.1) is 23.7 Å². The molecular formula is C14H17N5O2S. The van der Waals surface area contributed by atoms with Gasteiger partial charge in [0, 0.05) is 18.1 Å². The highest BCUT2D eigenvalue weighted by molar-refractivity contribution is 7.92. The number of sulfonamides is 1. The number of rotatable bonds is 5. The molecule has 3 aromatic rings. The Kier molecular flexibility index (Phi) is 3.61. The molecule has 0 aliphatic heterocycles. The molecular weight excluding hydrogens is 302 g/mol. The Morgan fingerprint density at radius 3 is 2.95 bits per heavy atom.